The molecule has 0 aromatic heterocycles. The van der Waals surface area contributed by atoms with Gasteiger partial charge in [0.2, 0.25) is 6.41 Å². The van der Waals surface area contributed by atoms with Crippen molar-refractivity contribution in [3.63, 3.8) is 0 Å². The fourth-order valence-electron chi connectivity index (χ4n) is 2.35. The van der Waals surface area contributed by atoms with Gasteiger partial charge in [-0.3, -0.25) is 4.79 Å². The molecule has 1 amide bonds. The molecule has 0 aromatic rings. The number of rotatable bonds is 33. The molecular formula is C23H48N2O11. The Morgan fingerprint density at radius 3 is 0.833 bits per heavy atom. The molecule has 0 aliphatic rings. The predicted octanol–water partition coefficient (Wildman–Crippen LogP) is -1.14. The molecule has 0 spiro atoms. The number of nitrogens with two attached hydrogens (primary N) is 1. The molecule has 0 aliphatic heterocycles. The van der Waals surface area contributed by atoms with Crippen molar-refractivity contribution in [2.75, 3.05) is 145 Å². The molecule has 0 radical (unpaired) electrons. The van der Waals surface area contributed by atoms with E-state index in [9.17, 15) is 4.79 Å². The van der Waals surface area contributed by atoms with Gasteiger partial charge in [-0.05, 0) is 0 Å². The topological polar surface area (TPSA) is 147 Å². The zero-order valence-electron chi connectivity index (χ0n) is 21.7. The zero-order valence-corrected chi connectivity index (χ0v) is 21.7. The Balaban J connectivity index is 3.00. The van der Waals surface area contributed by atoms with Gasteiger partial charge < -0.3 is 58.4 Å². The fourth-order valence-corrected chi connectivity index (χ4v) is 2.35. The lowest BCUT2D eigenvalue weighted by Crippen LogP contribution is -2.19. The third-order valence-electron chi connectivity index (χ3n) is 4.08. The van der Waals surface area contributed by atoms with Crippen LogP contribution in [0.2, 0.25) is 0 Å². The molecule has 3 N–H and O–H groups in total. The Kier molecular flexibility index (Phi) is 33.1. The SMILES string of the molecule is NCCOCCOCCOCCOCCOCCOCCOCCOCCOCCOCCNC=O. The Hall–Kier alpha value is -0.970. The Bertz CT molecular complexity index is 412. The number of amides is 1. The van der Waals surface area contributed by atoms with Crippen LogP contribution in [0.15, 0.2) is 0 Å². The second kappa shape index (κ2) is 34.0. The summed E-state index contributed by atoms with van der Waals surface area (Å²) in [6.45, 7) is 11.3. The van der Waals surface area contributed by atoms with E-state index in [1.54, 1.807) is 0 Å². The third kappa shape index (κ3) is 33.0. The highest BCUT2D eigenvalue weighted by Crippen LogP contribution is 1.86. The number of nitrogens with one attached hydrogen (secondary N) is 1. The lowest BCUT2D eigenvalue weighted by molar-refractivity contribution is -0.109. The molecule has 0 saturated carbocycles. The highest BCUT2D eigenvalue weighted by atomic mass is 16.6. The summed E-state index contributed by atoms with van der Waals surface area (Å²) in [5.74, 6) is 0. The first kappa shape index (κ1) is 35.0. The molecule has 13 nitrogen and oxygen atoms in total. The molecule has 13 heteroatoms. The van der Waals surface area contributed by atoms with E-state index < -0.39 is 0 Å². The van der Waals surface area contributed by atoms with E-state index in [0.717, 1.165) is 0 Å². The standard InChI is InChI=1S/C23H48N2O11/c24-1-3-27-5-7-29-9-11-31-13-15-33-17-19-35-21-22-36-20-18-34-16-14-32-12-10-30-8-6-28-4-2-25-23-26/h23H,1-22,24H2,(H,25,26). The van der Waals surface area contributed by atoms with Crippen molar-refractivity contribution in [2.24, 2.45) is 5.73 Å². The van der Waals surface area contributed by atoms with Crippen LogP contribution in [0.5, 0.6) is 0 Å². The number of carbonyl (C=O) groups excluding carboxylic acids is 1. The van der Waals surface area contributed by atoms with Gasteiger partial charge in [-0.1, -0.05) is 0 Å². The van der Waals surface area contributed by atoms with E-state index in [1.165, 1.54) is 0 Å². The van der Waals surface area contributed by atoms with E-state index in [-0.39, 0.29) is 0 Å². The molecule has 0 unspecified atom stereocenters. The molecule has 0 rings (SSSR count). The summed E-state index contributed by atoms with van der Waals surface area (Å²) < 4.78 is 53.7. The van der Waals surface area contributed by atoms with Gasteiger partial charge in [-0.2, -0.15) is 0 Å². The highest BCUT2D eigenvalue weighted by Gasteiger charge is 1.96. The van der Waals surface area contributed by atoms with Crippen LogP contribution in [0, 0.1) is 0 Å². The maximum atomic E-state index is 10.0. The van der Waals surface area contributed by atoms with Crippen molar-refractivity contribution in [1.82, 2.24) is 5.32 Å². The van der Waals surface area contributed by atoms with Crippen LogP contribution in [-0.4, -0.2) is 152 Å². The summed E-state index contributed by atoms with van der Waals surface area (Å²) in [7, 11) is 0. The summed E-state index contributed by atoms with van der Waals surface area (Å²) in [6, 6.07) is 0. The first-order valence-corrected chi connectivity index (χ1v) is 12.6. The fraction of sp³-hybridized carbons (Fsp3) is 0.957. The number of ether oxygens (including phenoxy) is 10. The molecule has 0 atom stereocenters. The third-order valence-corrected chi connectivity index (χ3v) is 4.08. The molecule has 0 aliphatic carbocycles. The van der Waals surface area contributed by atoms with Crippen LogP contribution in [-0.2, 0) is 52.2 Å². The van der Waals surface area contributed by atoms with E-state index >= 15 is 0 Å². The van der Waals surface area contributed by atoms with E-state index in [4.69, 9.17) is 53.1 Å². The lowest BCUT2D eigenvalue weighted by atomic mass is 10.6. The Morgan fingerprint density at radius 1 is 0.389 bits per heavy atom. The summed E-state index contributed by atoms with van der Waals surface area (Å²) in [6.07, 6.45) is 0.645. The van der Waals surface area contributed by atoms with Crippen LogP contribution < -0.4 is 11.1 Å². The van der Waals surface area contributed by atoms with Gasteiger partial charge in [0.1, 0.15) is 0 Å². The predicted molar refractivity (Wildman–Crippen MR) is 131 cm³/mol. The van der Waals surface area contributed by atoms with E-state index in [2.05, 4.69) is 5.32 Å². The Morgan fingerprint density at radius 2 is 0.611 bits per heavy atom. The second-order valence-electron chi connectivity index (χ2n) is 6.98. The van der Waals surface area contributed by atoms with Crippen molar-refractivity contribution >= 4 is 6.41 Å². The maximum absolute atomic E-state index is 10.0. The Labute approximate surface area is 215 Å². The number of hydrogen-bond acceptors (Lipinski definition) is 12. The number of carbonyl (C=O) groups is 1. The van der Waals surface area contributed by atoms with Crippen LogP contribution >= 0.6 is 0 Å². The van der Waals surface area contributed by atoms with Crippen molar-refractivity contribution in [1.29, 1.82) is 0 Å². The molecular weight excluding hydrogens is 480 g/mol. The van der Waals surface area contributed by atoms with Crippen molar-refractivity contribution in [2.45, 2.75) is 0 Å². The monoisotopic (exact) mass is 528 g/mol. The summed E-state index contributed by atoms with van der Waals surface area (Å²) in [5.41, 5.74) is 5.32. The van der Waals surface area contributed by atoms with Crippen LogP contribution in [0.4, 0.5) is 0 Å². The smallest absolute Gasteiger partial charge is 0.207 e. The minimum Gasteiger partial charge on any atom is -0.378 e. The molecule has 0 saturated heterocycles. The zero-order chi connectivity index (χ0) is 26.0. The molecule has 0 fully saturated rings. The molecule has 216 valence electrons. The minimum absolute atomic E-state index is 0.476. The van der Waals surface area contributed by atoms with Gasteiger partial charge >= 0.3 is 0 Å². The average Bonchev–Trinajstić information content (AvgIpc) is 2.89. The normalized spacial score (nSPS) is 11.2. The van der Waals surface area contributed by atoms with Crippen molar-refractivity contribution in [3.05, 3.63) is 0 Å². The number of hydrogen-bond donors (Lipinski definition) is 2. The lowest BCUT2D eigenvalue weighted by Gasteiger charge is -2.09. The summed E-state index contributed by atoms with van der Waals surface area (Å²) in [4.78, 5) is 10.0. The molecule has 0 bridgehead atoms. The maximum Gasteiger partial charge on any atom is 0.207 e. The van der Waals surface area contributed by atoms with Crippen LogP contribution in [0.25, 0.3) is 0 Å². The van der Waals surface area contributed by atoms with Crippen molar-refractivity contribution in [3.8, 4) is 0 Å². The van der Waals surface area contributed by atoms with Gasteiger partial charge in [-0.25, -0.2) is 0 Å². The van der Waals surface area contributed by atoms with Gasteiger partial charge in [-0.15, -0.1) is 0 Å². The average molecular weight is 529 g/mol. The van der Waals surface area contributed by atoms with Gasteiger partial charge in [0.15, 0.2) is 0 Å². The van der Waals surface area contributed by atoms with Crippen molar-refractivity contribution < 1.29 is 52.2 Å². The van der Waals surface area contributed by atoms with E-state index in [1.807, 2.05) is 0 Å². The quantitative estimate of drug-likeness (QED) is 0.0783. The van der Waals surface area contributed by atoms with Gasteiger partial charge in [0.05, 0.1) is 132 Å². The molecule has 0 aromatic carbocycles. The summed E-state index contributed by atoms with van der Waals surface area (Å²) in [5, 5.41) is 2.52. The first-order valence-electron chi connectivity index (χ1n) is 12.6. The van der Waals surface area contributed by atoms with E-state index in [0.29, 0.717) is 152 Å². The highest BCUT2D eigenvalue weighted by molar-refractivity contribution is 5.45. The van der Waals surface area contributed by atoms with Gasteiger partial charge in [0.25, 0.3) is 0 Å². The largest absolute Gasteiger partial charge is 0.378 e. The summed E-state index contributed by atoms with van der Waals surface area (Å²) >= 11 is 0. The molecule has 36 heavy (non-hydrogen) atoms. The second-order valence-corrected chi connectivity index (χ2v) is 6.98. The van der Waals surface area contributed by atoms with Crippen LogP contribution in [0.1, 0.15) is 0 Å². The van der Waals surface area contributed by atoms with Gasteiger partial charge in [0, 0.05) is 13.1 Å². The minimum atomic E-state index is 0.476. The molecule has 0 heterocycles. The van der Waals surface area contributed by atoms with Crippen LogP contribution in [0.3, 0.4) is 0 Å². The first-order chi connectivity index (χ1) is 17.9.